The summed E-state index contributed by atoms with van der Waals surface area (Å²) in [7, 11) is 5.40. The Hall–Kier alpha value is -2.21. The predicted octanol–water partition coefficient (Wildman–Crippen LogP) is 2.69. The summed E-state index contributed by atoms with van der Waals surface area (Å²) in [5.74, 6) is 0.170. The fraction of sp³-hybridized carbons (Fsp3) is 0.444. The number of benzene rings is 1. The molecule has 1 aromatic carbocycles. The first-order chi connectivity index (χ1) is 11.5. The van der Waals surface area contributed by atoms with Crippen molar-refractivity contribution in [2.45, 2.75) is 31.3 Å². The van der Waals surface area contributed by atoms with E-state index in [1.807, 2.05) is 20.2 Å². The molecule has 6 heteroatoms. The van der Waals surface area contributed by atoms with E-state index in [0.29, 0.717) is 18.0 Å². The lowest BCUT2D eigenvalue weighted by Crippen LogP contribution is -2.38. The van der Waals surface area contributed by atoms with E-state index in [1.165, 1.54) is 25.0 Å². The smallest absolute Gasteiger partial charge is 0.244 e. The minimum Gasteiger partial charge on any atom is -0.338 e. The van der Waals surface area contributed by atoms with E-state index in [-0.39, 0.29) is 11.7 Å². The first-order valence-corrected chi connectivity index (χ1v) is 8.16. The second-order valence-electron chi connectivity index (χ2n) is 6.71. The van der Waals surface area contributed by atoms with Gasteiger partial charge in [0.25, 0.3) is 0 Å². The summed E-state index contributed by atoms with van der Waals surface area (Å²) in [6.07, 6.45) is 2.39. The second-order valence-corrected chi connectivity index (χ2v) is 6.71. The van der Waals surface area contributed by atoms with Crippen LogP contribution in [0.4, 0.5) is 4.39 Å². The van der Waals surface area contributed by atoms with Crippen LogP contribution >= 0.6 is 0 Å². The highest BCUT2D eigenvalue weighted by atomic mass is 19.1. The monoisotopic (exact) mass is 330 g/mol. The van der Waals surface area contributed by atoms with Gasteiger partial charge < -0.3 is 4.90 Å². The van der Waals surface area contributed by atoms with Gasteiger partial charge in [-0.05, 0) is 50.7 Å². The summed E-state index contributed by atoms with van der Waals surface area (Å²) in [5, 5.41) is 7.33. The van der Waals surface area contributed by atoms with Gasteiger partial charge in [-0.15, -0.1) is 0 Å². The molecule has 0 aliphatic heterocycles. The highest BCUT2D eigenvalue weighted by Crippen LogP contribution is 2.39. The molecule has 1 unspecified atom stereocenters. The topological polar surface area (TPSA) is 52.2 Å². The number of nitrogens with one attached hydrogen (secondary N) is 1. The fourth-order valence-electron chi connectivity index (χ4n) is 2.93. The Labute approximate surface area is 141 Å². The van der Waals surface area contributed by atoms with Gasteiger partial charge in [0.1, 0.15) is 11.9 Å². The van der Waals surface area contributed by atoms with E-state index in [4.69, 9.17) is 0 Å². The van der Waals surface area contributed by atoms with Crippen molar-refractivity contribution in [3.63, 3.8) is 0 Å². The van der Waals surface area contributed by atoms with Crippen LogP contribution in [0.15, 0.2) is 30.3 Å². The average Bonchev–Trinajstić information content (AvgIpc) is 3.27. The van der Waals surface area contributed by atoms with E-state index < -0.39 is 6.04 Å². The molecule has 128 valence electrons. The molecule has 1 aromatic heterocycles. The molecule has 0 spiro atoms. The average molecular weight is 330 g/mol. The maximum atomic E-state index is 13.5. The lowest BCUT2D eigenvalue weighted by Gasteiger charge is -2.28. The van der Waals surface area contributed by atoms with Crippen molar-refractivity contribution in [2.24, 2.45) is 0 Å². The molecule has 24 heavy (non-hydrogen) atoms. The molecular weight excluding hydrogens is 307 g/mol. The van der Waals surface area contributed by atoms with E-state index >= 15 is 0 Å². The van der Waals surface area contributed by atoms with Gasteiger partial charge in [0.15, 0.2) is 0 Å². The predicted molar refractivity (Wildman–Crippen MR) is 89.9 cm³/mol. The molecule has 0 bridgehead atoms. The molecule has 1 atom stereocenters. The molecule has 0 saturated heterocycles. The number of H-pyrrole nitrogens is 1. The first kappa shape index (κ1) is 16.6. The Balaban J connectivity index is 1.73. The largest absolute Gasteiger partial charge is 0.338 e. The number of nitrogens with zero attached hydrogens (tertiary/aromatic N) is 3. The summed E-state index contributed by atoms with van der Waals surface area (Å²) in [4.78, 5) is 16.3. The van der Waals surface area contributed by atoms with Gasteiger partial charge in [0.05, 0.1) is 17.9 Å². The Morgan fingerprint density at radius 1 is 1.33 bits per heavy atom. The third kappa shape index (κ3) is 3.64. The second kappa shape index (κ2) is 6.73. The van der Waals surface area contributed by atoms with Crippen LogP contribution in [-0.2, 0) is 11.3 Å². The van der Waals surface area contributed by atoms with E-state index in [0.717, 1.165) is 11.4 Å². The molecule has 5 nitrogen and oxygen atoms in total. The maximum Gasteiger partial charge on any atom is 0.244 e. The summed E-state index contributed by atoms with van der Waals surface area (Å²) in [6, 6.07) is 7.73. The van der Waals surface area contributed by atoms with Crippen molar-refractivity contribution < 1.29 is 9.18 Å². The van der Waals surface area contributed by atoms with Gasteiger partial charge in [-0.25, -0.2) is 4.39 Å². The number of halogens is 1. The van der Waals surface area contributed by atoms with Crippen LogP contribution in [0.1, 0.15) is 41.8 Å². The van der Waals surface area contributed by atoms with Crippen LogP contribution in [0, 0.1) is 5.82 Å². The third-order valence-corrected chi connectivity index (χ3v) is 4.34. The minimum absolute atomic E-state index is 0.0758. The van der Waals surface area contributed by atoms with Gasteiger partial charge in [-0.3, -0.25) is 14.8 Å². The molecule has 2 aromatic rings. The number of amides is 1. The Bertz CT molecular complexity index is 723. The highest BCUT2D eigenvalue weighted by Gasteiger charge is 2.28. The first-order valence-electron chi connectivity index (χ1n) is 8.16. The molecule has 0 radical (unpaired) electrons. The van der Waals surface area contributed by atoms with Crippen molar-refractivity contribution in [3.05, 3.63) is 53.1 Å². The van der Waals surface area contributed by atoms with Crippen LogP contribution in [-0.4, -0.2) is 47.0 Å². The highest BCUT2D eigenvalue weighted by molar-refractivity contribution is 5.83. The normalized spacial score (nSPS) is 15.5. The molecule has 1 fully saturated rings. The number of likely N-dealkylation sites (N-methyl/N-ethyl adjacent to an activating group) is 2. The van der Waals surface area contributed by atoms with Crippen LogP contribution in [0.5, 0.6) is 0 Å². The standard InChI is InChI=1S/C18H23FN4O/c1-22(2)17(13-5-4-6-14(19)9-13)18(24)23(3)11-15-10-16(21-20-15)12-7-8-12/h4-6,9-10,12,17H,7-8,11H2,1-3H3,(H,20,21). The van der Waals surface area contributed by atoms with Crippen molar-refractivity contribution in [2.75, 3.05) is 21.1 Å². The lowest BCUT2D eigenvalue weighted by molar-refractivity contribution is -0.135. The van der Waals surface area contributed by atoms with Crippen LogP contribution in [0.25, 0.3) is 0 Å². The number of rotatable bonds is 6. The van der Waals surface area contributed by atoms with Crippen molar-refractivity contribution in [3.8, 4) is 0 Å². The molecule has 1 N–H and O–H groups in total. The number of hydrogen-bond donors (Lipinski definition) is 1. The number of carbonyl (C=O) groups excluding carboxylic acids is 1. The summed E-state index contributed by atoms with van der Waals surface area (Å²) in [5.41, 5.74) is 2.66. The maximum absolute atomic E-state index is 13.5. The Morgan fingerprint density at radius 3 is 2.71 bits per heavy atom. The molecule has 1 saturated carbocycles. The summed E-state index contributed by atoms with van der Waals surface area (Å²) >= 11 is 0. The zero-order chi connectivity index (χ0) is 17.3. The molecular formula is C18H23FN4O. The Morgan fingerprint density at radius 2 is 2.08 bits per heavy atom. The van der Waals surface area contributed by atoms with Crippen molar-refractivity contribution in [1.82, 2.24) is 20.0 Å². The zero-order valence-corrected chi connectivity index (χ0v) is 14.3. The molecule has 3 rings (SSSR count). The molecule has 1 heterocycles. The van der Waals surface area contributed by atoms with E-state index in [1.54, 1.807) is 29.0 Å². The summed E-state index contributed by atoms with van der Waals surface area (Å²) < 4.78 is 13.5. The van der Waals surface area contributed by atoms with Crippen molar-refractivity contribution in [1.29, 1.82) is 0 Å². The molecule has 1 aliphatic carbocycles. The Kier molecular flexibility index (Phi) is 4.66. The summed E-state index contributed by atoms with van der Waals surface area (Å²) in [6.45, 7) is 0.457. The van der Waals surface area contributed by atoms with Gasteiger partial charge in [-0.2, -0.15) is 5.10 Å². The van der Waals surface area contributed by atoms with Crippen LogP contribution < -0.4 is 0 Å². The van der Waals surface area contributed by atoms with Gasteiger partial charge in [0.2, 0.25) is 5.91 Å². The lowest BCUT2D eigenvalue weighted by atomic mass is 10.0. The molecule has 1 aliphatic rings. The van der Waals surface area contributed by atoms with Crippen LogP contribution in [0.3, 0.4) is 0 Å². The van der Waals surface area contributed by atoms with Gasteiger partial charge in [0, 0.05) is 13.0 Å². The van der Waals surface area contributed by atoms with Gasteiger partial charge >= 0.3 is 0 Å². The SMILES string of the molecule is CN(Cc1cc(C2CC2)n[nH]1)C(=O)C(c1cccc(F)c1)N(C)C. The minimum atomic E-state index is -0.517. The zero-order valence-electron chi connectivity index (χ0n) is 14.3. The number of aromatic nitrogens is 2. The quantitative estimate of drug-likeness (QED) is 0.886. The van der Waals surface area contributed by atoms with E-state index in [2.05, 4.69) is 10.2 Å². The van der Waals surface area contributed by atoms with E-state index in [9.17, 15) is 9.18 Å². The number of carbonyl (C=O) groups is 1. The number of hydrogen-bond acceptors (Lipinski definition) is 3. The van der Waals surface area contributed by atoms with Crippen LogP contribution in [0.2, 0.25) is 0 Å². The van der Waals surface area contributed by atoms with Crippen molar-refractivity contribution >= 4 is 5.91 Å². The van der Waals surface area contributed by atoms with Gasteiger partial charge in [-0.1, -0.05) is 12.1 Å². The molecule has 1 amide bonds. The third-order valence-electron chi connectivity index (χ3n) is 4.34. The number of aromatic amines is 1. The fourth-order valence-corrected chi connectivity index (χ4v) is 2.93.